The molecule has 0 saturated carbocycles. The number of hydrogen-bond acceptors (Lipinski definition) is 4. The third kappa shape index (κ3) is 4.35. The Morgan fingerprint density at radius 1 is 1.40 bits per heavy atom. The Morgan fingerprint density at radius 3 is 2.95 bits per heavy atom. The van der Waals surface area contributed by atoms with Gasteiger partial charge in [0.25, 0.3) is 0 Å². The number of pyridine rings is 1. The third-order valence-electron chi connectivity index (χ3n) is 2.97. The molecule has 0 radical (unpaired) electrons. The van der Waals surface area contributed by atoms with Gasteiger partial charge in [0.2, 0.25) is 0 Å². The Kier molecular flexibility index (Phi) is 5.66. The molecule has 0 fully saturated rings. The number of fused-ring (bicyclic) bond motifs is 1. The number of aliphatic hydroxyl groups excluding tert-OH is 1. The molecule has 1 atom stereocenters. The van der Waals surface area contributed by atoms with Crippen LogP contribution in [0.4, 0.5) is 0 Å². The molecule has 3 nitrogen and oxygen atoms in total. The van der Waals surface area contributed by atoms with Gasteiger partial charge < -0.3 is 10.0 Å². The Labute approximate surface area is 129 Å². The van der Waals surface area contributed by atoms with E-state index in [2.05, 4.69) is 9.88 Å². The first-order valence-corrected chi connectivity index (χ1v) is 7.96. The van der Waals surface area contributed by atoms with Gasteiger partial charge in [0.05, 0.1) is 11.6 Å². The van der Waals surface area contributed by atoms with E-state index in [1.165, 1.54) is 4.90 Å². The van der Waals surface area contributed by atoms with Crippen LogP contribution in [0.5, 0.6) is 0 Å². The minimum absolute atomic E-state index is 0.283. The number of rotatable bonds is 6. The van der Waals surface area contributed by atoms with Crippen LogP contribution >= 0.6 is 23.4 Å². The fourth-order valence-electron chi connectivity index (χ4n) is 2.07. The maximum Gasteiger partial charge on any atom is 0.0728 e. The highest BCUT2D eigenvalue weighted by molar-refractivity contribution is 7.99. The molecular formula is C15H19ClN2OS. The molecule has 0 saturated heterocycles. The SMILES string of the molecule is CC(O)CN(C)CCSc1ccnc2cc(Cl)ccc12. The highest BCUT2D eigenvalue weighted by Gasteiger charge is 2.06. The lowest BCUT2D eigenvalue weighted by Gasteiger charge is -2.18. The Morgan fingerprint density at radius 2 is 2.20 bits per heavy atom. The Balaban J connectivity index is 2.00. The van der Waals surface area contributed by atoms with E-state index in [0.29, 0.717) is 11.6 Å². The van der Waals surface area contributed by atoms with E-state index in [1.807, 2.05) is 44.4 Å². The molecule has 5 heteroatoms. The molecule has 0 spiro atoms. The fourth-order valence-corrected chi connectivity index (χ4v) is 3.35. The van der Waals surface area contributed by atoms with Crippen molar-refractivity contribution in [3.05, 3.63) is 35.5 Å². The number of aliphatic hydroxyl groups is 1. The molecule has 0 amide bonds. The van der Waals surface area contributed by atoms with Crippen LogP contribution in [0.1, 0.15) is 6.92 Å². The summed E-state index contributed by atoms with van der Waals surface area (Å²) in [7, 11) is 2.03. The number of nitrogens with zero attached hydrogens (tertiary/aromatic N) is 2. The van der Waals surface area contributed by atoms with E-state index < -0.39 is 0 Å². The van der Waals surface area contributed by atoms with E-state index in [0.717, 1.165) is 23.2 Å². The maximum atomic E-state index is 9.34. The Hall–Kier alpha value is -0.810. The zero-order valence-corrected chi connectivity index (χ0v) is 13.3. The van der Waals surface area contributed by atoms with Gasteiger partial charge in [-0.1, -0.05) is 17.7 Å². The lowest BCUT2D eigenvalue weighted by atomic mass is 10.2. The van der Waals surface area contributed by atoms with Crippen molar-refractivity contribution in [2.24, 2.45) is 0 Å². The topological polar surface area (TPSA) is 36.4 Å². The monoisotopic (exact) mass is 310 g/mol. The molecule has 1 N–H and O–H groups in total. The van der Waals surface area contributed by atoms with E-state index in [-0.39, 0.29) is 6.10 Å². The van der Waals surface area contributed by atoms with Crippen LogP contribution in [-0.4, -0.2) is 47.0 Å². The highest BCUT2D eigenvalue weighted by Crippen LogP contribution is 2.28. The van der Waals surface area contributed by atoms with Crippen LogP contribution in [0.15, 0.2) is 35.4 Å². The van der Waals surface area contributed by atoms with E-state index in [9.17, 15) is 5.11 Å². The predicted molar refractivity (Wildman–Crippen MR) is 86.7 cm³/mol. The van der Waals surface area contributed by atoms with E-state index >= 15 is 0 Å². The lowest BCUT2D eigenvalue weighted by Crippen LogP contribution is -2.29. The minimum atomic E-state index is -0.283. The summed E-state index contributed by atoms with van der Waals surface area (Å²) >= 11 is 7.79. The van der Waals surface area contributed by atoms with E-state index in [4.69, 9.17) is 11.6 Å². The van der Waals surface area contributed by atoms with Crippen LogP contribution in [0, 0.1) is 0 Å². The number of halogens is 1. The lowest BCUT2D eigenvalue weighted by molar-refractivity contribution is 0.145. The molecule has 0 bridgehead atoms. The largest absolute Gasteiger partial charge is 0.392 e. The second kappa shape index (κ2) is 7.27. The third-order valence-corrected chi connectivity index (χ3v) is 4.26. The molecule has 1 aromatic carbocycles. The summed E-state index contributed by atoms with van der Waals surface area (Å²) in [5.74, 6) is 0.977. The zero-order valence-electron chi connectivity index (χ0n) is 11.7. The maximum absolute atomic E-state index is 9.34. The van der Waals surface area contributed by atoms with Crippen LogP contribution in [-0.2, 0) is 0 Å². The molecule has 2 aromatic rings. The minimum Gasteiger partial charge on any atom is -0.392 e. The summed E-state index contributed by atoms with van der Waals surface area (Å²) in [6, 6.07) is 7.85. The molecule has 20 heavy (non-hydrogen) atoms. The molecule has 108 valence electrons. The normalized spacial score (nSPS) is 13.1. The van der Waals surface area contributed by atoms with Crippen LogP contribution in [0.25, 0.3) is 10.9 Å². The van der Waals surface area contributed by atoms with Crippen LogP contribution in [0.2, 0.25) is 5.02 Å². The molecule has 1 unspecified atom stereocenters. The van der Waals surface area contributed by atoms with Crippen molar-refractivity contribution < 1.29 is 5.11 Å². The summed E-state index contributed by atoms with van der Waals surface area (Å²) in [6.07, 6.45) is 1.54. The number of thioether (sulfide) groups is 1. The molecule has 1 heterocycles. The van der Waals surface area contributed by atoms with Crippen LogP contribution in [0.3, 0.4) is 0 Å². The summed E-state index contributed by atoms with van der Waals surface area (Å²) < 4.78 is 0. The number of likely N-dealkylation sites (N-methyl/N-ethyl adjacent to an activating group) is 1. The average Bonchev–Trinajstić information content (AvgIpc) is 2.37. The quantitative estimate of drug-likeness (QED) is 0.831. The van der Waals surface area contributed by atoms with E-state index in [1.54, 1.807) is 11.8 Å². The van der Waals surface area contributed by atoms with Crippen molar-refractivity contribution >= 4 is 34.3 Å². The first-order chi connectivity index (χ1) is 9.56. The second-order valence-electron chi connectivity index (χ2n) is 4.93. The molecular weight excluding hydrogens is 292 g/mol. The van der Waals surface area contributed by atoms with Gasteiger partial charge in [0.15, 0.2) is 0 Å². The van der Waals surface area contributed by atoms with Crippen LogP contribution < -0.4 is 0 Å². The van der Waals surface area contributed by atoms with Crippen molar-refractivity contribution in [2.45, 2.75) is 17.9 Å². The van der Waals surface area contributed by atoms with Crippen molar-refractivity contribution in [3.8, 4) is 0 Å². The Bertz CT molecular complexity index is 577. The van der Waals surface area contributed by atoms with Gasteiger partial charge in [-0.25, -0.2) is 0 Å². The van der Waals surface area contributed by atoms with Crippen molar-refractivity contribution in [2.75, 3.05) is 25.9 Å². The summed E-state index contributed by atoms with van der Waals surface area (Å²) in [5.41, 5.74) is 0.930. The fraction of sp³-hybridized carbons (Fsp3) is 0.400. The molecule has 0 aliphatic carbocycles. The summed E-state index contributed by atoms with van der Waals surface area (Å²) in [6.45, 7) is 3.45. The van der Waals surface area contributed by atoms with Gasteiger partial charge >= 0.3 is 0 Å². The summed E-state index contributed by atoms with van der Waals surface area (Å²) in [4.78, 5) is 7.70. The first-order valence-electron chi connectivity index (χ1n) is 6.60. The highest BCUT2D eigenvalue weighted by atomic mass is 35.5. The van der Waals surface area contributed by atoms with Crippen molar-refractivity contribution in [3.63, 3.8) is 0 Å². The molecule has 1 aromatic heterocycles. The number of benzene rings is 1. The van der Waals surface area contributed by atoms with Gasteiger partial charge in [-0.15, -0.1) is 11.8 Å². The molecule has 0 aliphatic heterocycles. The van der Waals surface area contributed by atoms with Gasteiger partial charge in [0.1, 0.15) is 0 Å². The average molecular weight is 311 g/mol. The molecule has 2 rings (SSSR count). The van der Waals surface area contributed by atoms with Crippen molar-refractivity contribution in [1.82, 2.24) is 9.88 Å². The summed E-state index contributed by atoms with van der Waals surface area (Å²) in [5, 5.41) is 11.2. The standard InChI is InChI=1S/C15H19ClN2OS/c1-11(19)10-18(2)7-8-20-15-5-6-17-14-9-12(16)3-4-13(14)15/h3-6,9,11,19H,7-8,10H2,1-2H3. The van der Waals surface area contributed by atoms with Gasteiger partial charge in [-0.3, -0.25) is 4.98 Å². The van der Waals surface area contributed by atoms with Gasteiger partial charge in [-0.05, 0) is 32.2 Å². The number of aromatic nitrogens is 1. The van der Waals surface area contributed by atoms with Crippen molar-refractivity contribution in [1.29, 1.82) is 0 Å². The zero-order chi connectivity index (χ0) is 14.5. The van der Waals surface area contributed by atoms with Gasteiger partial charge in [-0.2, -0.15) is 0 Å². The predicted octanol–water partition coefficient (Wildman–Crippen LogP) is 3.29. The first kappa shape index (κ1) is 15.6. The van der Waals surface area contributed by atoms with Gasteiger partial charge in [0, 0.05) is 40.3 Å². The molecule has 0 aliphatic rings. The number of hydrogen-bond donors (Lipinski definition) is 1. The smallest absolute Gasteiger partial charge is 0.0728 e. The second-order valence-corrected chi connectivity index (χ2v) is 6.50.